The third kappa shape index (κ3) is 6.35. The smallest absolute Gasteiger partial charge is 0.233 e. The summed E-state index contributed by atoms with van der Waals surface area (Å²) in [5, 5.41) is 2.74. The highest BCUT2D eigenvalue weighted by molar-refractivity contribution is 7.92. The number of anilines is 2. The summed E-state index contributed by atoms with van der Waals surface area (Å²) in [4.78, 5) is 11.5. The van der Waals surface area contributed by atoms with Crippen molar-refractivity contribution in [3.8, 4) is 0 Å². The monoisotopic (exact) mass is 332 g/mol. The fourth-order valence-electron chi connectivity index (χ4n) is 1.55. The van der Waals surface area contributed by atoms with Crippen molar-refractivity contribution in [1.82, 2.24) is 0 Å². The summed E-state index contributed by atoms with van der Waals surface area (Å²) < 4.78 is 26.3. The van der Waals surface area contributed by atoms with Crippen LogP contribution >= 0.6 is 11.6 Å². The number of nitrogens with one attached hydrogen (secondary N) is 2. The van der Waals surface area contributed by atoms with Gasteiger partial charge in [-0.15, -0.1) is 11.6 Å². The Morgan fingerprint density at radius 1 is 1.14 bits per heavy atom. The van der Waals surface area contributed by atoms with E-state index in [2.05, 4.69) is 10.0 Å². The number of hydrogen-bond donors (Lipinski definition) is 2. The Bertz CT molecular complexity index is 570. The van der Waals surface area contributed by atoms with E-state index in [9.17, 15) is 13.2 Å². The molecule has 0 spiro atoms. The molecule has 1 aromatic rings. The van der Waals surface area contributed by atoms with Crippen LogP contribution in [0.25, 0.3) is 0 Å². The van der Waals surface area contributed by atoms with Gasteiger partial charge in [0.1, 0.15) is 0 Å². The highest BCUT2D eigenvalue weighted by Gasteiger charge is 2.15. The first kappa shape index (κ1) is 17.8. The van der Waals surface area contributed by atoms with Crippen LogP contribution < -0.4 is 10.0 Å². The molecule has 0 saturated carbocycles. The van der Waals surface area contributed by atoms with Gasteiger partial charge in [-0.2, -0.15) is 0 Å². The number of rotatable bonds is 7. The lowest BCUT2D eigenvalue weighted by Crippen LogP contribution is -2.22. The minimum absolute atomic E-state index is 0.0255. The van der Waals surface area contributed by atoms with Crippen LogP contribution in [0, 0.1) is 11.8 Å². The van der Waals surface area contributed by atoms with E-state index >= 15 is 0 Å². The molecule has 21 heavy (non-hydrogen) atoms. The molecular weight excluding hydrogens is 312 g/mol. The average molecular weight is 333 g/mol. The van der Waals surface area contributed by atoms with E-state index in [0.29, 0.717) is 17.3 Å². The van der Waals surface area contributed by atoms with E-state index in [1.807, 2.05) is 0 Å². The predicted molar refractivity (Wildman–Crippen MR) is 87.2 cm³/mol. The molecule has 1 aromatic carbocycles. The Morgan fingerprint density at radius 3 is 2.14 bits per heavy atom. The van der Waals surface area contributed by atoms with Crippen molar-refractivity contribution in [2.45, 2.75) is 20.8 Å². The van der Waals surface area contributed by atoms with Crippen LogP contribution in [0.1, 0.15) is 20.8 Å². The van der Waals surface area contributed by atoms with E-state index in [-0.39, 0.29) is 23.5 Å². The van der Waals surface area contributed by atoms with Crippen molar-refractivity contribution < 1.29 is 13.2 Å². The van der Waals surface area contributed by atoms with Crippen LogP contribution in [0.3, 0.4) is 0 Å². The normalized spacial score (nSPS) is 13.0. The fourth-order valence-corrected chi connectivity index (χ4v) is 3.23. The second-order valence-electron chi connectivity index (χ2n) is 5.36. The van der Waals surface area contributed by atoms with Crippen LogP contribution in [-0.4, -0.2) is 26.0 Å². The highest BCUT2D eigenvalue weighted by atomic mass is 35.5. The number of hydrogen-bond acceptors (Lipinski definition) is 3. The van der Waals surface area contributed by atoms with Crippen molar-refractivity contribution in [2.24, 2.45) is 11.8 Å². The minimum Gasteiger partial charge on any atom is -0.326 e. The summed E-state index contributed by atoms with van der Waals surface area (Å²) in [7, 11) is -3.42. The maximum atomic E-state index is 11.9. The molecule has 0 aliphatic carbocycles. The lowest BCUT2D eigenvalue weighted by Gasteiger charge is -2.12. The molecule has 0 aromatic heterocycles. The minimum atomic E-state index is -3.42. The van der Waals surface area contributed by atoms with E-state index in [4.69, 9.17) is 11.6 Å². The number of halogens is 1. The van der Waals surface area contributed by atoms with Gasteiger partial charge >= 0.3 is 0 Å². The predicted octanol–water partition coefficient (Wildman–Crippen LogP) is 2.90. The standard InChI is InChI=1S/C14H21ClN2O3S/c1-10(2)14(18)16-12-4-6-13(7-5-12)17-21(19,20)9-11(3)8-15/h4-7,10-11,17H,8-9H2,1-3H3,(H,16,18). The molecule has 0 bridgehead atoms. The number of sulfonamides is 1. The topological polar surface area (TPSA) is 75.3 Å². The Labute approximate surface area is 131 Å². The number of alkyl halides is 1. The Balaban J connectivity index is 2.68. The molecule has 7 heteroatoms. The largest absolute Gasteiger partial charge is 0.326 e. The molecule has 0 saturated heterocycles. The summed E-state index contributed by atoms with van der Waals surface area (Å²) >= 11 is 5.62. The molecule has 2 N–H and O–H groups in total. The maximum absolute atomic E-state index is 11.9. The lowest BCUT2D eigenvalue weighted by molar-refractivity contribution is -0.118. The molecule has 1 rings (SSSR count). The van der Waals surface area contributed by atoms with Crippen molar-refractivity contribution in [3.05, 3.63) is 24.3 Å². The molecule has 0 radical (unpaired) electrons. The summed E-state index contributed by atoms with van der Waals surface area (Å²) in [6.07, 6.45) is 0. The Hall–Kier alpha value is -1.27. The summed E-state index contributed by atoms with van der Waals surface area (Å²) in [5.74, 6) is -0.0445. The van der Waals surface area contributed by atoms with Crippen LogP contribution in [0.5, 0.6) is 0 Å². The third-order valence-corrected chi connectivity index (χ3v) is 4.80. The van der Waals surface area contributed by atoms with Crippen molar-refractivity contribution in [2.75, 3.05) is 21.7 Å². The van der Waals surface area contributed by atoms with Gasteiger partial charge in [-0.1, -0.05) is 20.8 Å². The van der Waals surface area contributed by atoms with E-state index in [1.54, 1.807) is 45.0 Å². The Kier molecular flexibility index (Phi) is 6.48. The molecule has 0 aliphatic rings. The first-order chi connectivity index (χ1) is 9.73. The molecule has 5 nitrogen and oxygen atoms in total. The van der Waals surface area contributed by atoms with Gasteiger partial charge < -0.3 is 5.32 Å². The molecule has 118 valence electrons. The Morgan fingerprint density at radius 2 is 1.67 bits per heavy atom. The average Bonchev–Trinajstić information content (AvgIpc) is 2.39. The molecular formula is C14H21ClN2O3S. The van der Waals surface area contributed by atoms with Gasteiger partial charge in [0.25, 0.3) is 0 Å². The van der Waals surface area contributed by atoms with Crippen LogP contribution in [0.2, 0.25) is 0 Å². The van der Waals surface area contributed by atoms with E-state index in [1.165, 1.54) is 0 Å². The molecule has 1 atom stereocenters. The van der Waals surface area contributed by atoms with Crippen LogP contribution in [-0.2, 0) is 14.8 Å². The van der Waals surface area contributed by atoms with Gasteiger partial charge in [0, 0.05) is 23.2 Å². The molecule has 1 unspecified atom stereocenters. The number of amides is 1. The van der Waals surface area contributed by atoms with Crippen molar-refractivity contribution in [1.29, 1.82) is 0 Å². The number of carbonyl (C=O) groups is 1. The van der Waals surface area contributed by atoms with Gasteiger partial charge in [0.15, 0.2) is 0 Å². The van der Waals surface area contributed by atoms with E-state index < -0.39 is 10.0 Å². The van der Waals surface area contributed by atoms with Crippen molar-refractivity contribution >= 4 is 38.9 Å². The van der Waals surface area contributed by atoms with Gasteiger partial charge in [-0.05, 0) is 30.2 Å². The first-order valence-corrected chi connectivity index (χ1v) is 8.89. The molecule has 0 aliphatic heterocycles. The number of benzene rings is 1. The lowest BCUT2D eigenvalue weighted by atomic mass is 10.2. The first-order valence-electron chi connectivity index (χ1n) is 6.71. The van der Waals surface area contributed by atoms with Gasteiger partial charge in [-0.25, -0.2) is 8.42 Å². The highest BCUT2D eigenvalue weighted by Crippen LogP contribution is 2.16. The zero-order valence-electron chi connectivity index (χ0n) is 12.4. The fraction of sp³-hybridized carbons (Fsp3) is 0.500. The quantitative estimate of drug-likeness (QED) is 0.754. The zero-order valence-corrected chi connectivity index (χ0v) is 14.0. The SMILES string of the molecule is CC(CCl)CS(=O)(=O)Nc1ccc(NC(=O)C(C)C)cc1. The molecule has 1 amide bonds. The second kappa shape index (κ2) is 7.66. The summed E-state index contributed by atoms with van der Waals surface area (Å²) in [5.41, 5.74) is 1.09. The third-order valence-electron chi connectivity index (χ3n) is 2.72. The second-order valence-corrected chi connectivity index (χ2v) is 7.44. The number of carbonyl (C=O) groups excluding carboxylic acids is 1. The van der Waals surface area contributed by atoms with Gasteiger partial charge in [-0.3, -0.25) is 9.52 Å². The zero-order chi connectivity index (χ0) is 16.0. The van der Waals surface area contributed by atoms with Crippen LogP contribution in [0.15, 0.2) is 24.3 Å². The molecule has 0 fully saturated rings. The van der Waals surface area contributed by atoms with Crippen LogP contribution in [0.4, 0.5) is 11.4 Å². The summed E-state index contributed by atoms with van der Waals surface area (Å²) in [6, 6.07) is 6.53. The van der Waals surface area contributed by atoms with Crippen molar-refractivity contribution in [3.63, 3.8) is 0 Å². The van der Waals surface area contributed by atoms with Gasteiger partial charge in [0.2, 0.25) is 15.9 Å². The van der Waals surface area contributed by atoms with E-state index in [0.717, 1.165) is 0 Å². The van der Waals surface area contributed by atoms with Gasteiger partial charge in [0.05, 0.1) is 5.75 Å². The maximum Gasteiger partial charge on any atom is 0.233 e. The molecule has 0 heterocycles. The summed E-state index contributed by atoms with van der Waals surface area (Å²) in [6.45, 7) is 5.38.